The average molecular weight is 585 g/mol. The molecule has 0 saturated carbocycles. The van der Waals surface area contributed by atoms with Crippen LogP contribution in [0.25, 0.3) is 89.0 Å². The van der Waals surface area contributed by atoms with Gasteiger partial charge in [0.15, 0.2) is 0 Å². The Morgan fingerprint density at radius 1 is 0.304 bits per heavy atom. The van der Waals surface area contributed by atoms with E-state index in [-0.39, 0.29) is 0 Å². The average Bonchev–Trinajstić information content (AvgIpc) is 3.13. The van der Waals surface area contributed by atoms with Crippen molar-refractivity contribution in [3.8, 4) is 44.5 Å². The highest BCUT2D eigenvalue weighted by molar-refractivity contribution is 6.11. The van der Waals surface area contributed by atoms with Gasteiger partial charge in [-0.15, -0.1) is 0 Å². The Morgan fingerprint density at radius 2 is 0.630 bits per heavy atom. The van der Waals surface area contributed by atoms with Crippen LogP contribution in [0.4, 0.5) is 0 Å². The second kappa shape index (κ2) is 11.5. The van der Waals surface area contributed by atoms with Crippen molar-refractivity contribution in [3.05, 3.63) is 182 Å². The molecule has 0 aromatic heterocycles. The third-order valence-corrected chi connectivity index (χ3v) is 9.22. The molecule has 8 aromatic rings. The zero-order valence-corrected chi connectivity index (χ0v) is 25.6. The molecule has 0 spiro atoms. The summed E-state index contributed by atoms with van der Waals surface area (Å²) >= 11 is 0. The predicted octanol–water partition coefficient (Wildman–Crippen LogP) is 13.1. The third-order valence-electron chi connectivity index (χ3n) is 9.22. The van der Waals surface area contributed by atoms with E-state index in [1.165, 1.54) is 65.7 Å². The summed E-state index contributed by atoms with van der Waals surface area (Å²) in [6, 6.07) is 57.0. The Labute approximate surface area is 270 Å². The van der Waals surface area contributed by atoms with E-state index in [2.05, 4.69) is 171 Å². The molecule has 0 radical (unpaired) electrons. The molecule has 0 fully saturated rings. The summed E-state index contributed by atoms with van der Waals surface area (Å²) < 4.78 is 0. The summed E-state index contributed by atoms with van der Waals surface area (Å²) in [5, 5.41) is 7.42. The molecule has 0 unspecified atom stereocenters. The lowest BCUT2D eigenvalue weighted by atomic mass is 9.83. The van der Waals surface area contributed by atoms with E-state index in [1.54, 1.807) is 0 Å². The molecule has 216 valence electrons. The Morgan fingerprint density at radius 3 is 1.02 bits per heavy atom. The van der Waals surface area contributed by atoms with Crippen molar-refractivity contribution >= 4 is 44.5 Å². The summed E-state index contributed by atoms with van der Waals surface area (Å²) in [5.74, 6) is 0. The number of hydrogen-bond donors (Lipinski definition) is 0. The molecule has 0 atom stereocenters. The number of benzene rings is 8. The molecule has 0 amide bonds. The number of hydrogen-bond acceptors (Lipinski definition) is 0. The van der Waals surface area contributed by atoms with Gasteiger partial charge in [0.25, 0.3) is 0 Å². The minimum Gasteiger partial charge on any atom is -0.0984 e. The standard InChI is InChI=1S/C46H32/c1-3-41-42(4-2)46(36-25-19-34(20-26-36)40-28-22-32-12-6-8-14-38(32)30-40)44-16-10-9-15-43(44)45(41)35-23-17-33(18-24-35)39-27-21-31-11-5-7-13-37(31)29-39/h3-30H,1-2H2. The lowest BCUT2D eigenvalue weighted by Gasteiger charge is -2.20. The Bertz CT molecular complexity index is 2250. The molecule has 0 saturated heterocycles. The maximum absolute atomic E-state index is 4.29. The molecule has 0 heteroatoms. The van der Waals surface area contributed by atoms with E-state index in [0.29, 0.717) is 0 Å². The van der Waals surface area contributed by atoms with Gasteiger partial charge < -0.3 is 0 Å². The minimum atomic E-state index is 1.10. The van der Waals surface area contributed by atoms with Crippen LogP contribution in [0.3, 0.4) is 0 Å². The van der Waals surface area contributed by atoms with E-state index < -0.39 is 0 Å². The van der Waals surface area contributed by atoms with Crippen molar-refractivity contribution < 1.29 is 0 Å². The Kier molecular flexibility index (Phi) is 6.89. The monoisotopic (exact) mass is 584 g/mol. The summed E-state index contributed by atoms with van der Waals surface area (Å²) in [6.07, 6.45) is 3.98. The van der Waals surface area contributed by atoms with E-state index in [0.717, 1.165) is 22.3 Å². The highest BCUT2D eigenvalue weighted by Crippen LogP contribution is 2.44. The highest BCUT2D eigenvalue weighted by Gasteiger charge is 2.19. The van der Waals surface area contributed by atoms with Crippen molar-refractivity contribution in [1.29, 1.82) is 0 Å². The molecule has 0 heterocycles. The second-order valence-corrected chi connectivity index (χ2v) is 11.8. The molecular formula is C46H32. The van der Waals surface area contributed by atoms with Gasteiger partial charge in [-0.3, -0.25) is 0 Å². The molecule has 8 rings (SSSR count). The van der Waals surface area contributed by atoms with Crippen LogP contribution in [0.1, 0.15) is 11.1 Å². The van der Waals surface area contributed by atoms with Gasteiger partial charge in [0.2, 0.25) is 0 Å². The Hall–Kier alpha value is -5.98. The first-order valence-electron chi connectivity index (χ1n) is 15.7. The number of fused-ring (bicyclic) bond motifs is 3. The molecule has 0 N–H and O–H groups in total. The fourth-order valence-electron chi connectivity index (χ4n) is 6.92. The molecule has 46 heavy (non-hydrogen) atoms. The highest BCUT2D eigenvalue weighted by atomic mass is 14.2. The summed E-state index contributed by atoms with van der Waals surface area (Å²) in [6.45, 7) is 8.58. The minimum absolute atomic E-state index is 1.10. The fraction of sp³-hybridized carbons (Fsp3) is 0. The molecular weight excluding hydrogens is 553 g/mol. The van der Waals surface area contributed by atoms with Crippen LogP contribution in [-0.2, 0) is 0 Å². The van der Waals surface area contributed by atoms with Gasteiger partial charge in [-0.05, 0) is 100 Å². The topological polar surface area (TPSA) is 0 Å². The van der Waals surface area contributed by atoms with E-state index >= 15 is 0 Å². The van der Waals surface area contributed by atoms with Crippen molar-refractivity contribution in [3.63, 3.8) is 0 Å². The van der Waals surface area contributed by atoms with Gasteiger partial charge in [-0.2, -0.15) is 0 Å². The lowest BCUT2D eigenvalue weighted by molar-refractivity contribution is 1.57. The first kappa shape index (κ1) is 27.6. The predicted molar refractivity (Wildman–Crippen MR) is 201 cm³/mol. The van der Waals surface area contributed by atoms with Crippen LogP contribution in [-0.4, -0.2) is 0 Å². The molecule has 0 aliphatic heterocycles. The first-order chi connectivity index (χ1) is 22.7. The normalized spacial score (nSPS) is 11.2. The van der Waals surface area contributed by atoms with Crippen molar-refractivity contribution in [2.45, 2.75) is 0 Å². The molecule has 8 aromatic carbocycles. The van der Waals surface area contributed by atoms with E-state index in [1.807, 2.05) is 12.2 Å². The quantitative estimate of drug-likeness (QED) is 0.182. The molecule has 0 aliphatic carbocycles. The molecule has 0 aliphatic rings. The van der Waals surface area contributed by atoms with Crippen LogP contribution in [0.2, 0.25) is 0 Å². The molecule has 0 nitrogen and oxygen atoms in total. The fourth-order valence-corrected chi connectivity index (χ4v) is 6.92. The smallest absolute Gasteiger partial charge is 0.00266 e. The van der Waals surface area contributed by atoms with Crippen LogP contribution < -0.4 is 0 Å². The maximum Gasteiger partial charge on any atom is -0.00266 e. The van der Waals surface area contributed by atoms with Crippen LogP contribution in [0.15, 0.2) is 171 Å². The summed E-state index contributed by atoms with van der Waals surface area (Å²) in [4.78, 5) is 0. The SMILES string of the molecule is C=Cc1c(C=C)c(-c2ccc(-c3ccc4ccccc4c3)cc2)c2ccccc2c1-c1ccc(-c2ccc3ccccc3c2)cc1. The number of rotatable bonds is 6. The second-order valence-electron chi connectivity index (χ2n) is 11.8. The Balaban J connectivity index is 1.23. The maximum atomic E-state index is 4.29. The molecule has 0 bridgehead atoms. The van der Waals surface area contributed by atoms with Crippen molar-refractivity contribution in [2.24, 2.45) is 0 Å². The zero-order chi connectivity index (χ0) is 31.0. The van der Waals surface area contributed by atoms with Crippen LogP contribution in [0, 0.1) is 0 Å². The lowest BCUT2D eigenvalue weighted by Crippen LogP contribution is -1.96. The largest absolute Gasteiger partial charge is 0.0984 e. The van der Waals surface area contributed by atoms with Gasteiger partial charge in [-0.25, -0.2) is 0 Å². The van der Waals surface area contributed by atoms with Gasteiger partial charge in [0.05, 0.1) is 0 Å². The van der Waals surface area contributed by atoms with Gasteiger partial charge in [0.1, 0.15) is 0 Å². The van der Waals surface area contributed by atoms with Crippen LogP contribution in [0.5, 0.6) is 0 Å². The third kappa shape index (κ3) is 4.72. The van der Waals surface area contributed by atoms with E-state index in [4.69, 9.17) is 0 Å². The van der Waals surface area contributed by atoms with E-state index in [9.17, 15) is 0 Å². The summed E-state index contributed by atoms with van der Waals surface area (Å²) in [7, 11) is 0. The summed E-state index contributed by atoms with van der Waals surface area (Å²) in [5.41, 5.74) is 11.7. The van der Waals surface area contributed by atoms with Gasteiger partial charge in [-0.1, -0.05) is 171 Å². The van der Waals surface area contributed by atoms with Crippen molar-refractivity contribution in [1.82, 2.24) is 0 Å². The van der Waals surface area contributed by atoms with Crippen LogP contribution >= 0.6 is 0 Å². The zero-order valence-electron chi connectivity index (χ0n) is 25.6. The van der Waals surface area contributed by atoms with Crippen molar-refractivity contribution in [2.75, 3.05) is 0 Å². The first-order valence-corrected chi connectivity index (χ1v) is 15.7. The van der Waals surface area contributed by atoms with Gasteiger partial charge >= 0.3 is 0 Å². The van der Waals surface area contributed by atoms with Gasteiger partial charge in [0, 0.05) is 0 Å².